The normalized spacial score (nSPS) is 16.8. The highest BCUT2D eigenvalue weighted by Gasteiger charge is 2.29. The second-order valence-corrected chi connectivity index (χ2v) is 6.91. The van der Waals surface area contributed by atoms with Crippen LogP contribution < -0.4 is 0 Å². The summed E-state index contributed by atoms with van der Waals surface area (Å²) in [6.45, 7) is 1.40. The molecule has 4 heterocycles. The first-order chi connectivity index (χ1) is 14.3. The molecule has 1 amide bonds. The molecule has 0 saturated carbocycles. The summed E-state index contributed by atoms with van der Waals surface area (Å²) in [5.41, 5.74) is 4.23. The Labute approximate surface area is 167 Å². The van der Waals surface area contributed by atoms with Crippen LogP contribution in [0.1, 0.15) is 22.3 Å². The number of aromatic nitrogens is 4. The number of carbonyl (C=O) groups excluding carboxylic acids is 1. The fraction of sp³-hybridized carbons (Fsp3) is 0.182. The van der Waals surface area contributed by atoms with E-state index in [9.17, 15) is 4.79 Å². The Hall–Kier alpha value is -3.58. The molecule has 1 saturated heterocycles. The molecule has 5 rings (SSSR count). The van der Waals surface area contributed by atoms with Gasteiger partial charge in [0.1, 0.15) is 17.5 Å². The molecule has 1 aromatic carbocycles. The fourth-order valence-corrected chi connectivity index (χ4v) is 3.59. The van der Waals surface area contributed by atoms with Crippen molar-refractivity contribution in [1.82, 2.24) is 24.7 Å². The van der Waals surface area contributed by atoms with Crippen molar-refractivity contribution in [3.8, 4) is 11.1 Å². The van der Waals surface area contributed by atoms with Gasteiger partial charge in [0.2, 0.25) is 0 Å². The Morgan fingerprint density at radius 2 is 1.86 bits per heavy atom. The Morgan fingerprint density at radius 3 is 2.69 bits per heavy atom. The summed E-state index contributed by atoms with van der Waals surface area (Å²) in [4.78, 5) is 18.7. The van der Waals surface area contributed by atoms with Crippen LogP contribution in [-0.2, 0) is 4.74 Å². The van der Waals surface area contributed by atoms with E-state index in [2.05, 4.69) is 33.5 Å². The number of hydrogen-bond acceptors (Lipinski definition) is 5. The van der Waals surface area contributed by atoms with Crippen LogP contribution in [0.3, 0.4) is 0 Å². The number of carbonyl (C=O) groups is 1. The highest BCUT2D eigenvalue weighted by molar-refractivity contribution is 5.92. The van der Waals surface area contributed by atoms with Gasteiger partial charge in [-0.2, -0.15) is 0 Å². The van der Waals surface area contributed by atoms with Crippen molar-refractivity contribution in [3.05, 3.63) is 84.4 Å². The van der Waals surface area contributed by atoms with E-state index in [1.807, 2.05) is 36.5 Å². The Bertz CT molecular complexity index is 1140. The van der Waals surface area contributed by atoms with Crippen molar-refractivity contribution < 1.29 is 9.53 Å². The highest BCUT2D eigenvalue weighted by atomic mass is 16.5. The van der Waals surface area contributed by atoms with Crippen LogP contribution in [0.2, 0.25) is 0 Å². The largest absolute Gasteiger partial charge is 0.368 e. The van der Waals surface area contributed by atoms with Crippen LogP contribution in [0.5, 0.6) is 0 Å². The van der Waals surface area contributed by atoms with E-state index in [0.29, 0.717) is 25.4 Å². The quantitative estimate of drug-likeness (QED) is 0.542. The molecular weight excluding hydrogens is 366 g/mol. The van der Waals surface area contributed by atoms with Crippen molar-refractivity contribution >= 4 is 11.4 Å². The van der Waals surface area contributed by atoms with Crippen molar-refractivity contribution in [2.24, 2.45) is 0 Å². The zero-order chi connectivity index (χ0) is 19.6. The number of benzene rings is 1. The number of nitrogens with zero attached hydrogens (tertiary/aromatic N) is 5. The lowest BCUT2D eigenvalue weighted by atomic mass is 10.1. The van der Waals surface area contributed by atoms with Crippen LogP contribution in [-0.4, -0.2) is 50.3 Å². The lowest BCUT2D eigenvalue weighted by molar-refractivity contribution is -0.0243. The number of ether oxygens (including phenoxy) is 1. The Balaban J connectivity index is 1.41. The molecule has 0 aliphatic carbocycles. The maximum absolute atomic E-state index is 12.7. The molecule has 1 atom stereocenters. The van der Waals surface area contributed by atoms with E-state index in [-0.39, 0.29) is 12.0 Å². The van der Waals surface area contributed by atoms with E-state index in [0.717, 1.165) is 22.3 Å². The van der Waals surface area contributed by atoms with E-state index < -0.39 is 0 Å². The average Bonchev–Trinajstić information content (AvgIpc) is 3.23. The summed E-state index contributed by atoms with van der Waals surface area (Å²) in [5.74, 6) is -0.0956. The molecule has 7 heteroatoms. The van der Waals surface area contributed by atoms with E-state index >= 15 is 0 Å². The van der Waals surface area contributed by atoms with Gasteiger partial charge in [-0.05, 0) is 23.8 Å². The fourth-order valence-electron chi connectivity index (χ4n) is 3.59. The molecule has 0 N–H and O–H groups in total. The summed E-state index contributed by atoms with van der Waals surface area (Å²) in [6.07, 6.45) is 3.26. The maximum Gasteiger partial charge on any atom is 0.272 e. The molecule has 1 aliphatic rings. The molecule has 1 unspecified atom stereocenters. The number of amides is 1. The minimum absolute atomic E-state index is 0.0956. The second kappa shape index (κ2) is 7.44. The van der Waals surface area contributed by atoms with Crippen LogP contribution in [0, 0.1) is 0 Å². The zero-order valence-electron chi connectivity index (χ0n) is 15.7. The summed E-state index contributed by atoms with van der Waals surface area (Å²) < 4.78 is 7.70. The van der Waals surface area contributed by atoms with Gasteiger partial charge in [-0.15, -0.1) is 5.10 Å². The van der Waals surface area contributed by atoms with Crippen LogP contribution in [0.4, 0.5) is 0 Å². The SMILES string of the molecule is O=C(c1ccccn1)N1CCOC(c2nnn3cc(-c4ccccc4)ccc23)C1. The van der Waals surface area contributed by atoms with Gasteiger partial charge in [-0.3, -0.25) is 9.78 Å². The molecule has 29 heavy (non-hydrogen) atoms. The van der Waals surface area contributed by atoms with Gasteiger partial charge < -0.3 is 9.64 Å². The average molecular weight is 385 g/mol. The minimum atomic E-state index is -0.323. The monoisotopic (exact) mass is 385 g/mol. The molecule has 1 aliphatic heterocycles. The third-order valence-electron chi connectivity index (χ3n) is 5.09. The first kappa shape index (κ1) is 17.5. The van der Waals surface area contributed by atoms with Crippen molar-refractivity contribution in [2.75, 3.05) is 19.7 Å². The van der Waals surface area contributed by atoms with Gasteiger partial charge in [0, 0.05) is 24.5 Å². The van der Waals surface area contributed by atoms with Gasteiger partial charge >= 0.3 is 0 Å². The first-order valence-electron chi connectivity index (χ1n) is 9.52. The highest BCUT2D eigenvalue weighted by Crippen LogP contribution is 2.27. The molecule has 0 spiro atoms. The Kier molecular flexibility index (Phi) is 4.50. The molecular formula is C22H19N5O2. The maximum atomic E-state index is 12.7. The molecule has 7 nitrogen and oxygen atoms in total. The summed E-state index contributed by atoms with van der Waals surface area (Å²) in [7, 11) is 0. The van der Waals surface area contributed by atoms with Gasteiger partial charge in [-0.25, -0.2) is 4.52 Å². The van der Waals surface area contributed by atoms with E-state index in [4.69, 9.17) is 4.74 Å². The molecule has 4 aromatic rings. The van der Waals surface area contributed by atoms with Gasteiger partial charge in [0.25, 0.3) is 5.91 Å². The molecule has 0 radical (unpaired) electrons. The lowest BCUT2D eigenvalue weighted by Gasteiger charge is -2.31. The predicted octanol–water partition coefficient (Wildman–Crippen LogP) is 3.01. The summed E-state index contributed by atoms with van der Waals surface area (Å²) >= 11 is 0. The molecule has 1 fully saturated rings. The van der Waals surface area contributed by atoms with Crippen LogP contribution >= 0.6 is 0 Å². The number of hydrogen-bond donors (Lipinski definition) is 0. The number of rotatable bonds is 3. The van der Waals surface area contributed by atoms with Crippen LogP contribution in [0.25, 0.3) is 16.6 Å². The number of pyridine rings is 2. The standard InChI is InChI=1S/C22H19N5O2/c28-22(18-8-4-5-11-23-18)26-12-13-29-20(15-26)21-19-10-9-17(14-27(19)25-24-21)16-6-2-1-3-7-16/h1-11,14,20H,12-13,15H2. The van der Waals surface area contributed by atoms with Crippen molar-refractivity contribution in [3.63, 3.8) is 0 Å². The first-order valence-corrected chi connectivity index (χ1v) is 9.52. The van der Waals surface area contributed by atoms with Crippen LogP contribution in [0.15, 0.2) is 73.1 Å². The zero-order valence-corrected chi connectivity index (χ0v) is 15.7. The topological polar surface area (TPSA) is 72.6 Å². The van der Waals surface area contributed by atoms with Crippen molar-refractivity contribution in [2.45, 2.75) is 6.10 Å². The smallest absolute Gasteiger partial charge is 0.272 e. The van der Waals surface area contributed by atoms with Gasteiger partial charge in [0.05, 0.1) is 18.7 Å². The molecule has 3 aromatic heterocycles. The number of morpholine rings is 1. The summed E-state index contributed by atoms with van der Waals surface area (Å²) in [6, 6.07) is 19.5. The predicted molar refractivity (Wildman–Crippen MR) is 107 cm³/mol. The van der Waals surface area contributed by atoms with E-state index in [1.165, 1.54) is 0 Å². The molecule has 0 bridgehead atoms. The third kappa shape index (κ3) is 3.36. The summed E-state index contributed by atoms with van der Waals surface area (Å²) in [5, 5.41) is 8.63. The third-order valence-corrected chi connectivity index (χ3v) is 5.09. The minimum Gasteiger partial charge on any atom is -0.368 e. The lowest BCUT2D eigenvalue weighted by Crippen LogP contribution is -2.42. The second-order valence-electron chi connectivity index (χ2n) is 6.91. The Morgan fingerprint density at radius 1 is 1.00 bits per heavy atom. The van der Waals surface area contributed by atoms with E-state index in [1.54, 1.807) is 27.7 Å². The van der Waals surface area contributed by atoms with Crippen molar-refractivity contribution in [1.29, 1.82) is 0 Å². The molecule has 144 valence electrons. The number of fused-ring (bicyclic) bond motifs is 1. The van der Waals surface area contributed by atoms with Gasteiger partial charge in [-0.1, -0.05) is 47.7 Å². The van der Waals surface area contributed by atoms with Gasteiger partial charge in [0.15, 0.2) is 0 Å².